The van der Waals surface area contributed by atoms with Gasteiger partial charge in [0.05, 0.1) is 0 Å². The summed E-state index contributed by atoms with van der Waals surface area (Å²) in [6.07, 6.45) is 0. The Hall–Kier alpha value is -2.37. The van der Waals surface area contributed by atoms with Gasteiger partial charge in [-0.25, -0.2) is 0 Å². The van der Waals surface area contributed by atoms with Gasteiger partial charge < -0.3 is 15.4 Å². The number of amides is 2. The third kappa shape index (κ3) is 4.57. The second kappa shape index (κ2) is 7.47. The van der Waals surface area contributed by atoms with Crippen LogP contribution in [0.5, 0.6) is 0 Å². The van der Waals surface area contributed by atoms with Crippen molar-refractivity contribution < 1.29 is 19.1 Å². The Kier molecular flexibility index (Phi) is 5.59. The first-order valence-electron chi connectivity index (χ1n) is 8.04. The molecule has 0 aromatic heterocycles. The lowest BCUT2D eigenvalue weighted by Crippen LogP contribution is -2.42. The molecule has 0 spiro atoms. The van der Waals surface area contributed by atoms with Crippen LogP contribution in [0.25, 0.3) is 0 Å². The topological polar surface area (TPSA) is 84.5 Å². The van der Waals surface area contributed by atoms with Crippen molar-refractivity contribution in [2.45, 2.75) is 27.4 Å². The molecule has 1 aromatic carbocycles. The monoisotopic (exact) mass is 332 g/mol. The minimum Gasteiger partial charge on any atom is -0.460 e. The average molecular weight is 332 g/mol. The standard InChI is InChI=1S/C18H24N2O4/c1-18(2,3)13-9-19-16(22)15(13)17(23)20-10-14(21)24-11-12-7-5-4-6-8-12/h4-8,13,15H,9-11H2,1-3H3,(H,19,22)(H,20,23)/t13-,15-/m1/s1. The number of nitrogens with one attached hydrogen (secondary N) is 2. The Balaban J connectivity index is 1.83. The van der Waals surface area contributed by atoms with Gasteiger partial charge in [0.2, 0.25) is 11.8 Å². The van der Waals surface area contributed by atoms with E-state index in [9.17, 15) is 14.4 Å². The van der Waals surface area contributed by atoms with Gasteiger partial charge in [-0.2, -0.15) is 0 Å². The number of carbonyl (C=O) groups is 3. The number of benzene rings is 1. The van der Waals surface area contributed by atoms with Crippen LogP contribution in [0.2, 0.25) is 0 Å². The molecule has 1 aliphatic rings. The molecule has 0 saturated carbocycles. The fraction of sp³-hybridized carbons (Fsp3) is 0.500. The van der Waals surface area contributed by atoms with E-state index in [1.54, 1.807) is 0 Å². The molecule has 2 atom stereocenters. The first-order valence-corrected chi connectivity index (χ1v) is 8.04. The normalized spacial score (nSPS) is 20.4. The lowest BCUT2D eigenvalue weighted by Gasteiger charge is -2.29. The molecule has 0 aliphatic carbocycles. The SMILES string of the molecule is CC(C)(C)[C@@H]1CNC(=O)[C@@H]1C(=O)NCC(=O)OCc1ccccc1. The van der Waals surface area contributed by atoms with Crippen LogP contribution in [0.1, 0.15) is 26.3 Å². The highest BCUT2D eigenvalue weighted by Gasteiger charge is 2.45. The van der Waals surface area contributed by atoms with Crippen LogP contribution >= 0.6 is 0 Å². The number of hydrogen-bond acceptors (Lipinski definition) is 4. The Labute approximate surface area is 142 Å². The van der Waals surface area contributed by atoms with E-state index >= 15 is 0 Å². The van der Waals surface area contributed by atoms with Crippen molar-refractivity contribution in [3.8, 4) is 0 Å². The zero-order chi connectivity index (χ0) is 17.7. The summed E-state index contributed by atoms with van der Waals surface area (Å²) < 4.78 is 5.11. The van der Waals surface area contributed by atoms with Gasteiger partial charge in [-0.1, -0.05) is 51.1 Å². The van der Waals surface area contributed by atoms with E-state index in [2.05, 4.69) is 10.6 Å². The van der Waals surface area contributed by atoms with Gasteiger partial charge in [0.1, 0.15) is 19.1 Å². The van der Waals surface area contributed by atoms with Crippen LogP contribution in [0.3, 0.4) is 0 Å². The van der Waals surface area contributed by atoms with Gasteiger partial charge in [0.15, 0.2) is 0 Å². The average Bonchev–Trinajstić information content (AvgIpc) is 2.93. The molecule has 1 fully saturated rings. The first-order chi connectivity index (χ1) is 11.3. The Bertz CT molecular complexity index is 607. The van der Waals surface area contributed by atoms with E-state index in [1.165, 1.54) is 0 Å². The third-order valence-corrected chi connectivity index (χ3v) is 4.23. The maximum absolute atomic E-state index is 12.3. The summed E-state index contributed by atoms with van der Waals surface area (Å²) in [5.41, 5.74) is 0.690. The number of hydrogen-bond donors (Lipinski definition) is 2. The van der Waals surface area contributed by atoms with E-state index in [0.717, 1.165) is 5.56 Å². The van der Waals surface area contributed by atoms with Crippen LogP contribution in [0.15, 0.2) is 30.3 Å². The van der Waals surface area contributed by atoms with Gasteiger partial charge >= 0.3 is 5.97 Å². The van der Waals surface area contributed by atoms with Gasteiger partial charge in [0, 0.05) is 12.5 Å². The minimum absolute atomic E-state index is 0.106. The molecule has 6 nitrogen and oxygen atoms in total. The largest absolute Gasteiger partial charge is 0.460 e. The molecular weight excluding hydrogens is 308 g/mol. The van der Waals surface area contributed by atoms with Gasteiger partial charge in [-0.05, 0) is 11.0 Å². The van der Waals surface area contributed by atoms with Crippen LogP contribution in [-0.4, -0.2) is 30.9 Å². The third-order valence-electron chi connectivity index (χ3n) is 4.23. The summed E-state index contributed by atoms with van der Waals surface area (Å²) in [5, 5.41) is 5.24. The number of esters is 1. The molecule has 1 heterocycles. The Morgan fingerprint density at radius 3 is 2.54 bits per heavy atom. The molecular formula is C18H24N2O4. The highest BCUT2D eigenvalue weighted by molar-refractivity contribution is 6.02. The summed E-state index contributed by atoms with van der Waals surface area (Å²) in [6.45, 7) is 6.36. The molecule has 0 radical (unpaired) electrons. The Morgan fingerprint density at radius 1 is 1.25 bits per heavy atom. The van der Waals surface area contributed by atoms with Crippen LogP contribution in [0.4, 0.5) is 0 Å². The predicted octanol–water partition coefficient (Wildman–Crippen LogP) is 1.25. The summed E-state index contributed by atoms with van der Waals surface area (Å²) in [7, 11) is 0. The van der Waals surface area contributed by atoms with Crippen molar-refractivity contribution in [1.82, 2.24) is 10.6 Å². The molecule has 130 valence electrons. The highest BCUT2D eigenvalue weighted by Crippen LogP contribution is 2.35. The molecule has 2 N–H and O–H groups in total. The van der Waals surface area contributed by atoms with Crippen molar-refractivity contribution in [2.24, 2.45) is 17.3 Å². The minimum atomic E-state index is -0.771. The summed E-state index contributed by atoms with van der Waals surface area (Å²) in [5.74, 6) is -2.12. The second-order valence-corrected chi connectivity index (χ2v) is 7.06. The van der Waals surface area contributed by atoms with E-state index in [4.69, 9.17) is 4.74 Å². The van der Waals surface area contributed by atoms with E-state index in [-0.39, 0.29) is 30.4 Å². The molecule has 2 amide bonds. The van der Waals surface area contributed by atoms with Gasteiger partial charge in [0.25, 0.3) is 0 Å². The lowest BCUT2D eigenvalue weighted by molar-refractivity contribution is -0.146. The smallest absolute Gasteiger partial charge is 0.325 e. The fourth-order valence-electron chi connectivity index (χ4n) is 2.79. The quantitative estimate of drug-likeness (QED) is 0.628. The molecule has 0 bridgehead atoms. The molecule has 1 aliphatic heterocycles. The molecule has 0 unspecified atom stereocenters. The maximum atomic E-state index is 12.3. The lowest BCUT2D eigenvalue weighted by atomic mass is 9.74. The maximum Gasteiger partial charge on any atom is 0.325 e. The second-order valence-electron chi connectivity index (χ2n) is 7.06. The van der Waals surface area contributed by atoms with E-state index in [0.29, 0.717) is 6.54 Å². The van der Waals surface area contributed by atoms with Gasteiger partial charge in [-0.3, -0.25) is 14.4 Å². The Morgan fingerprint density at radius 2 is 1.92 bits per heavy atom. The van der Waals surface area contributed by atoms with Crippen LogP contribution in [-0.2, 0) is 25.7 Å². The summed E-state index contributed by atoms with van der Waals surface area (Å²) in [6, 6.07) is 9.29. The van der Waals surface area contributed by atoms with Crippen molar-refractivity contribution >= 4 is 17.8 Å². The zero-order valence-corrected chi connectivity index (χ0v) is 14.3. The summed E-state index contributed by atoms with van der Waals surface area (Å²) in [4.78, 5) is 36.0. The molecule has 6 heteroatoms. The van der Waals surface area contributed by atoms with Crippen molar-refractivity contribution in [2.75, 3.05) is 13.1 Å². The zero-order valence-electron chi connectivity index (χ0n) is 14.3. The fourth-order valence-corrected chi connectivity index (χ4v) is 2.79. The first kappa shape index (κ1) is 18.0. The molecule has 1 saturated heterocycles. The van der Waals surface area contributed by atoms with Gasteiger partial charge in [-0.15, -0.1) is 0 Å². The van der Waals surface area contributed by atoms with Crippen molar-refractivity contribution in [3.05, 3.63) is 35.9 Å². The van der Waals surface area contributed by atoms with Crippen molar-refractivity contribution in [1.29, 1.82) is 0 Å². The van der Waals surface area contributed by atoms with Crippen molar-refractivity contribution in [3.63, 3.8) is 0 Å². The van der Waals surface area contributed by atoms with Crippen LogP contribution in [0, 0.1) is 17.3 Å². The van der Waals surface area contributed by atoms with Crippen LogP contribution < -0.4 is 10.6 Å². The number of rotatable bonds is 5. The molecule has 2 rings (SSSR count). The number of carbonyl (C=O) groups excluding carboxylic acids is 3. The summed E-state index contributed by atoms with van der Waals surface area (Å²) >= 11 is 0. The molecule has 24 heavy (non-hydrogen) atoms. The predicted molar refractivity (Wildman–Crippen MR) is 88.7 cm³/mol. The van der Waals surface area contributed by atoms with E-state index in [1.807, 2.05) is 51.1 Å². The van der Waals surface area contributed by atoms with E-state index < -0.39 is 17.8 Å². The highest BCUT2D eigenvalue weighted by atomic mass is 16.5. The molecule has 1 aromatic rings. The number of ether oxygens (including phenoxy) is 1.